The SMILES string of the molecule is CN(c1ccc(C(=O)N2CCN(CC3CCN(c4ccc5c(c4)C(=O)N(C4CCC(=O)NC4=O)C5=O)CC3)CC2)cc1)C1CCCCC1. The third-order valence-electron chi connectivity index (χ3n) is 11.2. The van der Waals surface area contributed by atoms with E-state index in [-0.39, 0.29) is 24.7 Å². The monoisotopic (exact) mass is 654 g/mol. The Bertz CT molecular complexity index is 1570. The zero-order valence-electron chi connectivity index (χ0n) is 27.9. The molecule has 0 spiro atoms. The lowest BCUT2D eigenvalue weighted by Gasteiger charge is -2.39. The van der Waals surface area contributed by atoms with Gasteiger partial charge in [0.05, 0.1) is 11.1 Å². The third kappa shape index (κ3) is 6.44. The number of anilines is 2. The number of nitrogens with one attached hydrogen (secondary N) is 1. The highest BCUT2D eigenvalue weighted by Gasteiger charge is 2.45. The topological polar surface area (TPSA) is 114 Å². The van der Waals surface area contributed by atoms with Gasteiger partial charge in [-0.15, -0.1) is 0 Å². The third-order valence-corrected chi connectivity index (χ3v) is 11.2. The first-order valence-corrected chi connectivity index (χ1v) is 17.7. The van der Waals surface area contributed by atoms with Crippen molar-refractivity contribution in [1.82, 2.24) is 20.0 Å². The van der Waals surface area contributed by atoms with Gasteiger partial charge in [0.15, 0.2) is 0 Å². The number of hydrogen-bond acceptors (Lipinski definition) is 8. The van der Waals surface area contributed by atoms with E-state index in [1.165, 1.54) is 37.8 Å². The molecule has 1 saturated carbocycles. The molecule has 0 radical (unpaired) electrons. The molecule has 0 aromatic heterocycles. The Labute approximate surface area is 282 Å². The molecule has 1 unspecified atom stereocenters. The number of fused-ring (bicyclic) bond motifs is 1. The number of benzene rings is 2. The average molecular weight is 655 g/mol. The van der Waals surface area contributed by atoms with Gasteiger partial charge in [-0.25, -0.2) is 0 Å². The van der Waals surface area contributed by atoms with Crippen molar-refractivity contribution in [2.75, 3.05) is 62.7 Å². The highest BCUT2D eigenvalue weighted by atomic mass is 16.2. The molecule has 1 atom stereocenters. The largest absolute Gasteiger partial charge is 0.372 e. The molecule has 7 rings (SSSR count). The van der Waals surface area contributed by atoms with E-state index in [0.29, 0.717) is 23.1 Å². The molecule has 4 fully saturated rings. The molecule has 5 aliphatic rings. The summed E-state index contributed by atoms with van der Waals surface area (Å²) in [4.78, 5) is 73.7. The van der Waals surface area contributed by atoms with Gasteiger partial charge in [0.1, 0.15) is 6.04 Å². The number of imide groups is 2. The Morgan fingerprint density at radius 1 is 0.792 bits per heavy atom. The molecule has 11 nitrogen and oxygen atoms in total. The predicted molar refractivity (Wildman–Crippen MR) is 182 cm³/mol. The summed E-state index contributed by atoms with van der Waals surface area (Å²) in [5.41, 5.74) is 3.47. The lowest BCUT2D eigenvalue weighted by Crippen LogP contribution is -2.54. The van der Waals surface area contributed by atoms with Crippen LogP contribution >= 0.6 is 0 Å². The van der Waals surface area contributed by atoms with Crippen molar-refractivity contribution < 1.29 is 24.0 Å². The van der Waals surface area contributed by atoms with Gasteiger partial charge in [-0.2, -0.15) is 0 Å². The Hall–Kier alpha value is -4.25. The average Bonchev–Trinajstić information content (AvgIpc) is 3.37. The van der Waals surface area contributed by atoms with Gasteiger partial charge in [0.2, 0.25) is 11.8 Å². The maximum absolute atomic E-state index is 13.3. The fourth-order valence-corrected chi connectivity index (χ4v) is 8.23. The fourth-order valence-electron chi connectivity index (χ4n) is 8.23. The van der Waals surface area contributed by atoms with Crippen molar-refractivity contribution in [3.8, 4) is 0 Å². The van der Waals surface area contributed by atoms with E-state index in [4.69, 9.17) is 0 Å². The zero-order valence-corrected chi connectivity index (χ0v) is 27.9. The normalized spacial score (nSPS) is 23.0. The molecule has 0 bridgehead atoms. The number of amides is 5. The molecule has 4 aliphatic heterocycles. The standard InChI is InChI=1S/C37H46N6O5/c1-39(27-5-3-2-4-6-27)28-9-7-26(8-10-28)35(46)42-21-19-40(20-22-42)24-25-15-17-41(18-16-25)29-11-12-30-31(23-29)37(48)43(36(30)47)32-13-14-33(44)38-34(32)45/h7-12,23,25,27,32H,2-6,13-22,24H2,1H3,(H,38,44,45). The van der Waals surface area contributed by atoms with Crippen LogP contribution in [0.25, 0.3) is 0 Å². The Kier molecular flexibility index (Phi) is 9.22. The molecule has 4 heterocycles. The Balaban J connectivity index is 0.874. The summed E-state index contributed by atoms with van der Waals surface area (Å²) in [6, 6.07) is 13.2. The van der Waals surface area contributed by atoms with Gasteiger partial charge in [0, 0.05) is 82.3 Å². The van der Waals surface area contributed by atoms with Crippen LogP contribution in [-0.4, -0.2) is 109 Å². The molecule has 3 saturated heterocycles. The first-order chi connectivity index (χ1) is 23.3. The summed E-state index contributed by atoms with van der Waals surface area (Å²) < 4.78 is 0. The lowest BCUT2D eigenvalue weighted by molar-refractivity contribution is -0.136. The van der Waals surface area contributed by atoms with Crippen molar-refractivity contribution in [1.29, 1.82) is 0 Å². The number of carbonyl (C=O) groups excluding carboxylic acids is 5. The van der Waals surface area contributed by atoms with Crippen LogP contribution in [0, 0.1) is 5.92 Å². The lowest BCUT2D eigenvalue weighted by atomic mass is 9.94. The highest BCUT2D eigenvalue weighted by Crippen LogP contribution is 2.33. The Morgan fingerprint density at radius 2 is 1.48 bits per heavy atom. The van der Waals surface area contributed by atoms with Gasteiger partial charge >= 0.3 is 0 Å². The second-order valence-corrected chi connectivity index (χ2v) is 14.1. The minimum absolute atomic E-state index is 0.102. The van der Waals surface area contributed by atoms with Crippen molar-refractivity contribution in [2.45, 2.75) is 69.9 Å². The minimum atomic E-state index is -0.959. The quantitative estimate of drug-likeness (QED) is 0.452. The number of hydrogen-bond donors (Lipinski definition) is 1. The highest BCUT2D eigenvalue weighted by molar-refractivity contribution is 6.23. The van der Waals surface area contributed by atoms with Crippen LogP contribution in [-0.2, 0) is 9.59 Å². The minimum Gasteiger partial charge on any atom is -0.372 e. The van der Waals surface area contributed by atoms with E-state index in [9.17, 15) is 24.0 Å². The molecule has 254 valence electrons. The number of piperidine rings is 2. The molecule has 48 heavy (non-hydrogen) atoms. The molecular weight excluding hydrogens is 608 g/mol. The summed E-state index contributed by atoms with van der Waals surface area (Å²) in [5.74, 6) is -1.27. The van der Waals surface area contributed by atoms with Crippen LogP contribution in [0.4, 0.5) is 11.4 Å². The molecule has 5 amide bonds. The van der Waals surface area contributed by atoms with E-state index in [1.54, 1.807) is 12.1 Å². The summed E-state index contributed by atoms with van der Waals surface area (Å²) in [6.45, 7) is 5.94. The first-order valence-electron chi connectivity index (χ1n) is 17.7. The van der Waals surface area contributed by atoms with E-state index < -0.39 is 23.8 Å². The Morgan fingerprint density at radius 3 is 2.17 bits per heavy atom. The van der Waals surface area contributed by atoms with Crippen LogP contribution in [0.15, 0.2) is 42.5 Å². The smallest absolute Gasteiger partial charge is 0.262 e. The van der Waals surface area contributed by atoms with Crippen molar-refractivity contribution in [3.05, 3.63) is 59.2 Å². The number of piperazine rings is 1. The van der Waals surface area contributed by atoms with E-state index >= 15 is 0 Å². The fraction of sp³-hybridized carbons (Fsp3) is 0.541. The number of nitrogens with zero attached hydrogens (tertiary/aromatic N) is 5. The second-order valence-electron chi connectivity index (χ2n) is 14.1. The summed E-state index contributed by atoms with van der Waals surface area (Å²) in [5, 5.41) is 2.24. The molecule has 2 aromatic rings. The van der Waals surface area contributed by atoms with Crippen LogP contribution in [0.5, 0.6) is 0 Å². The number of carbonyl (C=O) groups is 5. The molecule has 2 aromatic carbocycles. The van der Waals surface area contributed by atoms with Gasteiger partial charge in [-0.05, 0) is 80.5 Å². The van der Waals surface area contributed by atoms with Gasteiger partial charge in [0.25, 0.3) is 17.7 Å². The number of rotatable bonds is 7. The molecule has 11 heteroatoms. The van der Waals surface area contributed by atoms with Crippen molar-refractivity contribution in [3.63, 3.8) is 0 Å². The van der Waals surface area contributed by atoms with Crippen LogP contribution in [0.2, 0.25) is 0 Å². The molecule has 1 aliphatic carbocycles. The summed E-state index contributed by atoms with van der Waals surface area (Å²) >= 11 is 0. The van der Waals surface area contributed by atoms with E-state index in [1.807, 2.05) is 23.1 Å². The summed E-state index contributed by atoms with van der Waals surface area (Å²) in [6.07, 6.45) is 8.72. The van der Waals surface area contributed by atoms with Gasteiger partial charge < -0.3 is 14.7 Å². The maximum atomic E-state index is 13.3. The predicted octanol–water partition coefficient (Wildman–Crippen LogP) is 3.53. The van der Waals surface area contributed by atoms with Crippen LogP contribution in [0.3, 0.4) is 0 Å². The maximum Gasteiger partial charge on any atom is 0.262 e. The second kappa shape index (κ2) is 13.7. The van der Waals surface area contributed by atoms with E-state index in [0.717, 1.165) is 74.8 Å². The van der Waals surface area contributed by atoms with Gasteiger partial charge in [-0.1, -0.05) is 19.3 Å². The van der Waals surface area contributed by atoms with Crippen molar-refractivity contribution >= 4 is 40.9 Å². The molecule has 1 N–H and O–H groups in total. The molecular formula is C37H46N6O5. The zero-order chi connectivity index (χ0) is 33.4. The van der Waals surface area contributed by atoms with Crippen molar-refractivity contribution in [2.24, 2.45) is 5.92 Å². The van der Waals surface area contributed by atoms with Crippen LogP contribution in [0.1, 0.15) is 88.9 Å². The van der Waals surface area contributed by atoms with Crippen LogP contribution < -0.4 is 15.1 Å². The van der Waals surface area contributed by atoms with E-state index in [2.05, 4.69) is 39.2 Å². The first kappa shape index (κ1) is 32.3. The summed E-state index contributed by atoms with van der Waals surface area (Å²) in [7, 11) is 2.17. The van der Waals surface area contributed by atoms with Gasteiger partial charge in [-0.3, -0.25) is 39.1 Å².